The van der Waals surface area contributed by atoms with E-state index < -0.39 is 0 Å². The molecule has 1 fully saturated rings. The predicted octanol–water partition coefficient (Wildman–Crippen LogP) is 3.73. The third kappa shape index (κ3) is 9.39. The minimum Gasteiger partial charge on any atom is -0.306 e. The van der Waals surface area contributed by atoms with Crippen LogP contribution in [0.2, 0.25) is 0 Å². The van der Waals surface area contributed by atoms with Crippen LogP contribution < -0.4 is 0 Å². The fourth-order valence-electron chi connectivity index (χ4n) is 2.45. The maximum absolute atomic E-state index is 3.28. The third-order valence-corrected chi connectivity index (χ3v) is 3.76. The van der Waals surface area contributed by atoms with E-state index in [1.54, 1.807) is 0 Å². The maximum Gasteiger partial charge on any atom is 0.0217 e. The van der Waals surface area contributed by atoms with Gasteiger partial charge in [-0.3, -0.25) is 0 Å². The molecule has 0 aromatic rings. The van der Waals surface area contributed by atoms with Crippen LogP contribution in [-0.4, -0.2) is 49.6 Å². The van der Waals surface area contributed by atoms with Crippen LogP contribution in [0.1, 0.15) is 53.9 Å². The lowest BCUT2D eigenvalue weighted by molar-refractivity contribution is 0.159. The first-order valence-corrected chi connectivity index (χ1v) is 8.51. The standard InChI is InChI=1S/C16H30N2.C2H6/c1-5-17(4)14-16-9-12-18(13-10-16)11-7-6-8-15(2)3;1-2/h15-16H,5,7,9-14H2,1-4H3;1-2H3. The minimum atomic E-state index is 0.514. The highest BCUT2D eigenvalue weighted by Crippen LogP contribution is 2.17. The fraction of sp³-hybridized carbons (Fsp3) is 0.889. The molecule has 0 amide bonds. The van der Waals surface area contributed by atoms with Crippen molar-refractivity contribution in [2.45, 2.75) is 53.9 Å². The molecule has 20 heavy (non-hydrogen) atoms. The van der Waals surface area contributed by atoms with E-state index in [9.17, 15) is 0 Å². The number of hydrogen-bond acceptors (Lipinski definition) is 2. The second-order valence-corrected chi connectivity index (χ2v) is 5.87. The van der Waals surface area contributed by atoms with Gasteiger partial charge in [-0.2, -0.15) is 0 Å². The summed E-state index contributed by atoms with van der Waals surface area (Å²) in [6.45, 7) is 16.7. The molecule has 0 spiro atoms. The van der Waals surface area contributed by atoms with E-state index in [-0.39, 0.29) is 0 Å². The van der Waals surface area contributed by atoms with E-state index in [1.165, 1.54) is 39.0 Å². The van der Waals surface area contributed by atoms with Crippen LogP contribution in [0.15, 0.2) is 0 Å². The second-order valence-electron chi connectivity index (χ2n) is 5.87. The number of likely N-dealkylation sites (tertiary alicyclic amines) is 1. The van der Waals surface area contributed by atoms with Crippen molar-refractivity contribution in [1.82, 2.24) is 9.80 Å². The Balaban J connectivity index is 0.00000172. The van der Waals surface area contributed by atoms with Gasteiger partial charge in [0.05, 0.1) is 0 Å². The minimum absolute atomic E-state index is 0.514. The molecule has 1 rings (SSSR count). The molecular weight excluding hydrogens is 244 g/mol. The summed E-state index contributed by atoms with van der Waals surface area (Å²) in [7, 11) is 2.23. The van der Waals surface area contributed by atoms with Crippen molar-refractivity contribution in [2.24, 2.45) is 11.8 Å². The monoisotopic (exact) mass is 280 g/mol. The summed E-state index contributed by atoms with van der Waals surface area (Å²) in [4.78, 5) is 5.02. The summed E-state index contributed by atoms with van der Waals surface area (Å²) >= 11 is 0. The molecule has 0 aromatic carbocycles. The third-order valence-electron chi connectivity index (χ3n) is 3.76. The number of rotatable bonds is 5. The Labute approximate surface area is 127 Å². The highest BCUT2D eigenvalue weighted by atomic mass is 15.1. The van der Waals surface area contributed by atoms with Gasteiger partial charge in [-0.05, 0) is 45.4 Å². The maximum atomic E-state index is 3.28. The molecule has 2 heteroatoms. The predicted molar refractivity (Wildman–Crippen MR) is 90.9 cm³/mol. The normalized spacial score (nSPS) is 16.6. The number of hydrogen-bond donors (Lipinski definition) is 0. The van der Waals surface area contributed by atoms with Crippen molar-refractivity contribution in [1.29, 1.82) is 0 Å². The van der Waals surface area contributed by atoms with E-state index in [1.807, 2.05) is 13.8 Å². The van der Waals surface area contributed by atoms with Gasteiger partial charge in [0, 0.05) is 25.4 Å². The van der Waals surface area contributed by atoms with E-state index in [0.29, 0.717) is 5.92 Å². The lowest BCUT2D eigenvalue weighted by Crippen LogP contribution is -2.38. The van der Waals surface area contributed by atoms with Crippen molar-refractivity contribution in [3.63, 3.8) is 0 Å². The van der Waals surface area contributed by atoms with Crippen molar-refractivity contribution in [3.8, 4) is 11.8 Å². The summed E-state index contributed by atoms with van der Waals surface area (Å²) in [5.41, 5.74) is 0. The fourth-order valence-corrected chi connectivity index (χ4v) is 2.45. The molecule has 1 heterocycles. The van der Waals surface area contributed by atoms with E-state index in [4.69, 9.17) is 0 Å². The molecule has 0 aromatic heterocycles. The summed E-state index contributed by atoms with van der Waals surface area (Å²) in [5, 5.41) is 0. The Hall–Kier alpha value is -0.520. The highest BCUT2D eigenvalue weighted by molar-refractivity contribution is 5.01. The smallest absolute Gasteiger partial charge is 0.0217 e. The van der Waals surface area contributed by atoms with Crippen LogP contribution in [0.5, 0.6) is 0 Å². The van der Waals surface area contributed by atoms with Gasteiger partial charge in [-0.1, -0.05) is 34.6 Å². The van der Waals surface area contributed by atoms with Gasteiger partial charge in [-0.15, -0.1) is 11.8 Å². The van der Waals surface area contributed by atoms with Crippen LogP contribution >= 0.6 is 0 Å². The quantitative estimate of drug-likeness (QED) is 0.708. The van der Waals surface area contributed by atoms with Crippen LogP contribution in [0.25, 0.3) is 0 Å². The summed E-state index contributed by atoms with van der Waals surface area (Å²) in [5.74, 6) is 7.95. The van der Waals surface area contributed by atoms with Crippen LogP contribution in [0.3, 0.4) is 0 Å². The first kappa shape index (κ1) is 19.5. The molecule has 118 valence electrons. The van der Waals surface area contributed by atoms with Gasteiger partial charge in [-0.25, -0.2) is 0 Å². The zero-order chi connectivity index (χ0) is 15.4. The average molecular weight is 280 g/mol. The molecule has 0 radical (unpaired) electrons. The summed E-state index contributed by atoms with van der Waals surface area (Å²) in [6, 6.07) is 0. The van der Waals surface area contributed by atoms with Crippen LogP contribution in [0.4, 0.5) is 0 Å². The number of piperidine rings is 1. The number of nitrogens with zero attached hydrogens (tertiary/aromatic N) is 2. The molecule has 1 saturated heterocycles. The van der Waals surface area contributed by atoms with Gasteiger partial charge in [0.15, 0.2) is 0 Å². The Morgan fingerprint density at radius 1 is 1.20 bits per heavy atom. The topological polar surface area (TPSA) is 6.48 Å². The molecular formula is C18H36N2. The SMILES string of the molecule is CC.CCN(C)CC1CCN(CCC#CC(C)C)CC1. The van der Waals surface area contributed by atoms with Crippen LogP contribution in [0, 0.1) is 23.7 Å². The molecule has 0 saturated carbocycles. The molecule has 0 atom stereocenters. The molecule has 1 aliphatic heterocycles. The van der Waals surface area contributed by atoms with Gasteiger partial charge >= 0.3 is 0 Å². The average Bonchev–Trinajstić information content (AvgIpc) is 2.47. The van der Waals surface area contributed by atoms with Gasteiger partial charge in [0.2, 0.25) is 0 Å². The van der Waals surface area contributed by atoms with Crippen molar-refractivity contribution < 1.29 is 0 Å². The van der Waals surface area contributed by atoms with Gasteiger partial charge < -0.3 is 9.80 Å². The molecule has 0 aliphatic carbocycles. The van der Waals surface area contributed by atoms with E-state index in [0.717, 1.165) is 18.9 Å². The van der Waals surface area contributed by atoms with Gasteiger partial charge in [0.25, 0.3) is 0 Å². The largest absolute Gasteiger partial charge is 0.306 e. The Bertz CT molecular complexity index is 267. The highest BCUT2D eigenvalue weighted by Gasteiger charge is 2.19. The molecule has 0 unspecified atom stereocenters. The lowest BCUT2D eigenvalue weighted by atomic mass is 9.96. The molecule has 1 aliphatic rings. The molecule has 0 bridgehead atoms. The second kappa shape index (κ2) is 12.2. The van der Waals surface area contributed by atoms with Crippen molar-refractivity contribution >= 4 is 0 Å². The van der Waals surface area contributed by atoms with E-state index in [2.05, 4.69) is 49.5 Å². The van der Waals surface area contributed by atoms with Gasteiger partial charge in [0.1, 0.15) is 0 Å². The Morgan fingerprint density at radius 3 is 2.30 bits per heavy atom. The molecule has 2 nitrogen and oxygen atoms in total. The zero-order valence-corrected chi connectivity index (χ0v) is 14.7. The zero-order valence-electron chi connectivity index (χ0n) is 14.7. The first-order valence-electron chi connectivity index (χ1n) is 8.51. The lowest BCUT2D eigenvalue weighted by Gasteiger charge is -2.33. The van der Waals surface area contributed by atoms with E-state index >= 15 is 0 Å². The van der Waals surface area contributed by atoms with Crippen molar-refractivity contribution in [2.75, 3.05) is 39.8 Å². The first-order chi connectivity index (χ1) is 9.61. The molecule has 0 N–H and O–H groups in total. The summed E-state index contributed by atoms with van der Waals surface area (Å²) < 4.78 is 0. The van der Waals surface area contributed by atoms with Crippen LogP contribution in [-0.2, 0) is 0 Å². The summed E-state index contributed by atoms with van der Waals surface area (Å²) in [6.07, 6.45) is 3.77. The Morgan fingerprint density at radius 2 is 1.80 bits per heavy atom. The van der Waals surface area contributed by atoms with Crippen molar-refractivity contribution in [3.05, 3.63) is 0 Å². The Kier molecular flexibility index (Phi) is 11.9.